The molecule has 2 rings (SSSR count). The molecule has 0 amide bonds. The molecule has 2 radical (unpaired) electrons. The van der Waals surface area contributed by atoms with Gasteiger partial charge in [0.05, 0.1) is 14.2 Å². The van der Waals surface area contributed by atoms with E-state index in [4.69, 9.17) is 18.6 Å². The summed E-state index contributed by atoms with van der Waals surface area (Å²) in [5.41, 5.74) is 0. The van der Waals surface area contributed by atoms with E-state index in [1.54, 1.807) is 24.3 Å². The first-order valence-corrected chi connectivity index (χ1v) is 9.38. The summed E-state index contributed by atoms with van der Waals surface area (Å²) in [6.07, 6.45) is 0. The predicted molar refractivity (Wildman–Crippen MR) is 96.1 cm³/mol. The second kappa shape index (κ2) is 11.5. The molecule has 0 heterocycles. The van der Waals surface area contributed by atoms with Crippen LogP contribution in [-0.4, -0.2) is 77.9 Å². The normalized spacial score (nSPS) is 10.5. The molecule has 0 saturated carbocycles. The minimum absolute atomic E-state index is 0. The molecular weight excluding hydrogens is 432 g/mol. The molecule has 0 aliphatic heterocycles. The van der Waals surface area contributed by atoms with Crippen LogP contribution in [0.2, 0.25) is 0 Å². The van der Waals surface area contributed by atoms with E-state index in [9.17, 15) is 16.8 Å². The van der Waals surface area contributed by atoms with Gasteiger partial charge in [0.15, 0.2) is 23.0 Å². The van der Waals surface area contributed by atoms with Crippen LogP contribution in [0.5, 0.6) is 23.0 Å². The van der Waals surface area contributed by atoms with Crippen molar-refractivity contribution < 1.29 is 43.8 Å². The molecular formula is C14H16CaO10S2. The Morgan fingerprint density at radius 2 is 0.889 bits per heavy atom. The molecule has 27 heavy (non-hydrogen) atoms. The van der Waals surface area contributed by atoms with Gasteiger partial charge in [0.2, 0.25) is 0 Å². The SMILES string of the molecule is COc1ccccc1OS(=O)(=O)O.COc1ccccc1OS(=O)(=O)O.[Ca]. The number of methoxy groups -OCH3 is 2. The second-order valence-corrected chi connectivity index (χ2v) is 6.37. The van der Waals surface area contributed by atoms with Gasteiger partial charge in [-0.1, -0.05) is 24.3 Å². The van der Waals surface area contributed by atoms with Crippen LogP contribution >= 0.6 is 0 Å². The maximum absolute atomic E-state index is 10.3. The van der Waals surface area contributed by atoms with Gasteiger partial charge in [-0.3, -0.25) is 9.11 Å². The van der Waals surface area contributed by atoms with E-state index in [2.05, 4.69) is 8.37 Å². The third-order valence-electron chi connectivity index (χ3n) is 2.53. The van der Waals surface area contributed by atoms with Gasteiger partial charge >= 0.3 is 20.8 Å². The van der Waals surface area contributed by atoms with E-state index >= 15 is 0 Å². The van der Waals surface area contributed by atoms with Crippen molar-refractivity contribution >= 4 is 58.5 Å². The Hall–Kier alpha value is -1.28. The average Bonchev–Trinajstić information content (AvgIpc) is 2.53. The van der Waals surface area contributed by atoms with Gasteiger partial charge in [-0.25, -0.2) is 0 Å². The summed E-state index contributed by atoms with van der Waals surface area (Å²) in [5.74, 6) is 0.375. The van der Waals surface area contributed by atoms with Gasteiger partial charge in [0.25, 0.3) is 0 Å². The molecule has 2 N–H and O–H groups in total. The molecule has 0 unspecified atom stereocenters. The van der Waals surface area contributed by atoms with Crippen LogP contribution in [-0.2, 0) is 20.8 Å². The van der Waals surface area contributed by atoms with Gasteiger partial charge < -0.3 is 17.8 Å². The monoisotopic (exact) mass is 448 g/mol. The largest absolute Gasteiger partial charge is 0.493 e. The van der Waals surface area contributed by atoms with Crippen LogP contribution < -0.4 is 17.8 Å². The van der Waals surface area contributed by atoms with Crippen molar-refractivity contribution in [3.8, 4) is 23.0 Å². The Balaban J connectivity index is 0.000000483. The van der Waals surface area contributed by atoms with E-state index in [1.165, 1.54) is 38.5 Å². The fourth-order valence-electron chi connectivity index (χ4n) is 1.60. The van der Waals surface area contributed by atoms with Crippen LogP contribution in [0.1, 0.15) is 0 Å². The second-order valence-electron chi connectivity index (χ2n) is 4.32. The molecule has 2 aromatic carbocycles. The Morgan fingerprint density at radius 3 is 1.11 bits per heavy atom. The zero-order valence-corrected chi connectivity index (χ0v) is 18.1. The van der Waals surface area contributed by atoms with E-state index in [1.807, 2.05) is 0 Å². The third kappa shape index (κ3) is 10.6. The van der Waals surface area contributed by atoms with Crippen LogP contribution in [0, 0.1) is 0 Å². The quantitative estimate of drug-likeness (QED) is 0.491. The molecule has 10 nitrogen and oxygen atoms in total. The number of hydrogen-bond donors (Lipinski definition) is 2. The van der Waals surface area contributed by atoms with Gasteiger partial charge in [-0.2, -0.15) is 16.8 Å². The van der Waals surface area contributed by atoms with E-state index in [0.29, 0.717) is 0 Å². The summed E-state index contributed by atoms with van der Waals surface area (Å²) >= 11 is 0. The van der Waals surface area contributed by atoms with E-state index < -0.39 is 20.8 Å². The summed E-state index contributed by atoms with van der Waals surface area (Å²) in [6, 6.07) is 12.2. The van der Waals surface area contributed by atoms with Crippen LogP contribution in [0.25, 0.3) is 0 Å². The minimum Gasteiger partial charge on any atom is -0.493 e. The first kappa shape index (κ1) is 25.7. The standard InChI is InChI=1S/2C7H8O5S.Ca/c2*1-11-6-4-2-3-5-7(6)12-13(8,9)10;/h2*2-5H,1H3,(H,8,9,10);. The van der Waals surface area contributed by atoms with E-state index in [0.717, 1.165) is 0 Å². The molecule has 13 heteroatoms. The van der Waals surface area contributed by atoms with Crippen molar-refractivity contribution in [3.63, 3.8) is 0 Å². The van der Waals surface area contributed by atoms with Crippen molar-refractivity contribution in [1.29, 1.82) is 0 Å². The van der Waals surface area contributed by atoms with Crippen LogP contribution in [0.3, 0.4) is 0 Å². The topological polar surface area (TPSA) is 146 Å². The maximum atomic E-state index is 10.3. The number of benzene rings is 2. The van der Waals surface area contributed by atoms with Crippen molar-refractivity contribution in [1.82, 2.24) is 0 Å². The van der Waals surface area contributed by atoms with Crippen LogP contribution in [0.15, 0.2) is 48.5 Å². The number of para-hydroxylation sites is 4. The summed E-state index contributed by atoms with van der Waals surface area (Å²) in [6.45, 7) is 0. The smallest absolute Gasteiger partial charge is 0.446 e. The molecule has 2 aromatic rings. The molecule has 0 aliphatic carbocycles. The van der Waals surface area contributed by atoms with Crippen molar-refractivity contribution in [2.24, 2.45) is 0 Å². The summed E-state index contributed by atoms with van der Waals surface area (Å²) in [5, 5.41) is 0. The van der Waals surface area contributed by atoms with Gasteiger partial charge in [-0.05, 0) is 24.3 Å². The first-order chi connectivity index (χ1) is 12.1. The summed E-state index contributed by atoms with van der Waals surface area (Å²) in [7, 11) is -6.25. The Morgan fingerprint density at radius 1 is 0.630 bits per heavy atom. The van der Waals surface area contributed by atoms with Crippen molar-refractivity contribution in [2.45, 2.75) is 0 Å². The van der Waals surface area contributed by atoms with Gasteiger partial charge in [0, 0.05) is 37.7 Å². The predicted octanol–water partition coefficient (Wildman–Crippen LogP) is 1.37. The number of ether oxygens (including phenoxy) is 2. The molecule has 0 saturated heterocycles. The zero-order chi connectivity index (χ0) is 19.8. The average molecular weight is 448 g/mol. The Labute approximate surface area is 186 Å². The molecule has 0 fully saturated rings. The van der Waals surface area contributed by atoms with Gasteiger partial charge in [-0.15, -0.1) is 0 Å². The minimum atomic E-state index is -4.49. The van der Waals surface area contributed by atoms with E-state index in [-0.39, 0.29) is 60.7 Å². The number of hydrogen-bond acceptors (Lipinski definition) is 8. The first-order valence-electron chi connectivity index (χ1n) is 6.65. The molecule has 0 atom stereocenters. The number of rotatable bonds is 6. The van der Waals surface area contributed by atoms with Crippen molar-refractivity contribution in [2.75, 3.05) is 14.2 Å². The Bertz CT molecular complexity index is 851. The maximum Gasteiger partial charge on any atom is 0.446 e. The molecule has 0 spiro atoms. The summed E-state index contributed by atoms with van der Waals surface area (Å²) < 4.78 is 76.2. The fourth-order valence-corrected chi connectivity index (χ4v) is 2.33. The molecule has 0 aliphatic rings. The fraction of sp³-hybridized carbons (Fsp3) is 0.143. The molecule has 146 valence electrons. The zero-order valence-electron chi connectivity index (χ0n) is 14.3. The molecule has 0 aromatic heterocycles. The van der Waals surface area contributed by atoms with Gasteiger partial charge in [0.1, 0.15) is 0 Å². The van der Waals surface area contributed by atoms with Crippen molar-refractivity contribution in [3.05, 3.63) is 48.5 Å². The third-order valence-corrected chi connectivity index (χ3v) is 3.31. The summed E-state index contributed by atoms with van der Waals surface area (Å²) in [4.78, 5) is 0. The van der Waals surface area contributed by atoms with Crippen LogP contribution in [0.4, 0.5) is 0 Å². The molecule has 0 bridgehead atoms. The Kier molecular flexibility index (Phi) is 11.0.